The highest BCUT2D eigenvalue weighted by Gasteiger charge is 2.14. The molecule has 1 aromatic heterocycles. The van der Waals surface area contributed by atoms with Gasteiger partial charge in [0.25, 0.3) is 0 Å². The first-order valence-electron chi connectivity index (χ1n) is 6.97. The third-order valence-corrected chi connectivity index (χ3v) is 3.36. The molecular weight excluding hydrogens is 299 g/mol. The van der Waals surface area contributed by atoms with Crippen LogP contribution in [0.5, 0.6) is 0 Å². The molecule has 0 bridgehead atoms. The van der Waals surface area contributed by atoms with Crippen molar-refractivity contribution in [3.05, 3.63) is 76.0 Å². The average Bonchev–Trinajstić information content (AvgIpc) is 2.89. The number of nitrogens with zero attached hydrogens (tertiary/aromatic N) is 2. The molecule has 1 heterocycles. The van der Waals surface area contributed by atoms with Crippen LogP contribution in [0.3, 0.4) is 0 Å². The number of rotatable bonds is 4. The zero-order valence-corrected chi connectivity index (χ0v) is 12.3. The number of carbonyl (C=O) groups is 1. The van der Waals surface area contributed by atoms with E-state index in [4.69, 9.17) is 4.42 Å². The van der Waals surface area contributed by atoms with Gasteiger partial charge in [-0.3, -0.25) is 4.79 Å². The van der Waals surface area contributed by atoms with Crippen molar-refractivity contribution >= 4 is 5.78 Å². The van der Waals surface area contributed by atoms with Gasteiger partial charge in [-0.25, -0.2) is 9.18 Å². The van der Waals surface area contributed by atoms with Crippen LogP contribution >= 0.6 is 0 Å². The van der Waals surface area contributed by atoms with Crippen LogP contribution < -0.4 is 5.76 Å². The summed E-state index contributed by atoms with van der Waals surface area (Å²) in [4.78, 5) is 24.0. The molecule has 0 amide bonds. The van der Waals surface area contributed by atoms with Crippen LogP contribution in [0.2, 0.25) is 0 Å². The summed E-state index contributed by atoms with van der Waals surface area (Å²) in [7, 11) is 0. The highest BCUT2D eigenvalue weighted by molar-refractivity contribution is 5.95. The van der Waals surface area contributed by atoms with Gasteiger partial charge < -0.3 is 4.42 Å². The lowest BCUT2D eigenvalue weighted by atomic mass is 10.1. The number of hydrogen-bond donors (Lipinski definition) is 0. The maximum Gasteiger partial charge on any atom is 0.437 e. The molecule has 0 atom stereocenters. The maximum atomic E-state index is 12.9. The molecule has 0 aliphatic heterocycles. The Morgan fingerprint density at radius 1 is 1.13 bits per heavy atom. The number of hydrogen-bond acceptors (Lipinski definition) is 4. The van der Waals surface area contributed by atoms with Crippen LogP contribution in [0.15, 0.2) is 57.7 Å². The standard InChI is InChI=1S/C17H13FN2O3/c1-11-2-4-12(5-3-11)15(21)10-20-17(22)23-16(19-20)13-6-8-14(18)9-7-13/h2-9H,10H2,1H3. The van der Waals surface area contributed by atoms with Gasteiger partial charge in [0.1, 0.15) is 12.4 Å². The Morgan fingerprint density at radius 3 is 2.43 bits per heavy atom. The predicted octanol–water partition coefficient (Wildman–Crippen LogP) is 2.83. The van der Waals surface area contributed by atoms with Crippen molar-refractivity contribution in [2.45, 2.75) is 13.5 Å². The summed E-state index contributed by atoms with van der Waals surface area (Å²) in [6, 6.07) is 12.4. The number of ketones is 1. The van der Waals surface area contributed by atoms with Gasteiger partial charge in [-0.1, -0.05) is 29.8 Å². The molecule has 0 N–H and O–H groups in total. The van der Waals surface area contributed by atoms with E-state index < -0.39 is 11.6 Å². The number of aromatic nitrogens is 2. The van der Waals surface area contributed by atoms with Crippen LogP contribution in [0.4, 0.5) is 4.39 Å². The van der Waals surface area contributed by atoms with Crippen molar-refractivity contribution in [2.75, 3.05) is 0 Å². The Kier molecular flexibility index (Phi) is 3.89. The topological polar surface area (TPSA) is 65.1 Å². The second-order valence-corrected chi connectivity index (χ2v) is 5.13. The summed E-state index contributed by atoms with van der Waals surface area (Å²) in [5.41, 5.74) is 2.00. The molecular formula is C17H13FN2O3. The summed E-state index contributed by atoms with van der Waals surface area (Å²) in [5.74, 6) is -1.33. The van der Waals surface area contributed by atoms with Gasteiger partial charge in [-0.05, 0) is 31.2 Å². The molecule has 0 fully saturated rings. The van der Waals surface area contributed by atoms with Gasteiger partial charge in [-0.2, -0.15) is 4.68 Å². The minimum absolute atomic E-state index is 0.0479. The van der Waals surface area contributed by atoms with Crippen molar-refractivity contribution in [2.24, 2.45) is 0 Å². The first-order valence-corrected chi connectivity index (χ1v) is 6.97. The lowest BCUT2D eigenvalue weighted by Gasteiger charge is -2.00. The molecule has 0 unspecified atom stereocenters. The van der Waals surface area contributed by atoms with E-state index in [1.807, 2.05) is 19.1 Å². The number of benzene rings is 2. The largest absolute Gasteiger partial charge is 0.437 e. The molecule has 0 aliphatic rings. The Morgan fingerprint density at radius 2 is 1.78 bits per heavy atom. The second-order valence-electron chi connectivity index (χ2n) is 5.13. The highest BCUT2D eigenvalue weighted by Crippen LogP contribution is 2.15. The van der Waals surface area contributed by atoms with Crippen LogP contribution in [0.1, 0.15) is 15.9 Å². The van der Waals surface area contributed by atoms with Crippen LogP contribution in [-0.2, 0) is 6.54 Å². The molecule has 0 radical (unpaired) electrons. The monoisotopic (exact) mass is 312 g/mol. The molecule has 5 nitrogen and oxygen atoms in total. The van der Waals surface area contributed by atoms with Gasteiger partial charge in [-0.15, -0.1) is 5.10 Å². The lowest BCUT2D eigenvalue weighted by molar-refractivity contribution is 0.0965. The van der Waals surface area contributed by atoms with E-state index in [0.717, 1.165) is 10.2 Å². The second kappa shape index (κ2) is 6.00. The summed E-state index contributed by atoms with van der Waals surface area (Å²) in [6.45, 7) is 1.71. The van der Waals surface area contributed by atoms with Crippen molar-refractivity contribution in [1.82, 2.24) is 9.78 Å². The molecule has 23 heavy (non-hydrogen) atoms. The van der Waals surface area contributed by atoms with E-state index in [1.54, 1.807) is 12.1 Å². The first kappa shape index (κ1) is 14.9. The third-order valence-electron chi connectivity index (χ3n) is 3.36. The fourth-order valence-electron chi connectivity index (χ4n) is 2.08. The minimum Gasteiger partial charge on any atom is -0.388 e. The fourth-order valence-corrected chi connectivity index (χ4v) is 2.08. The average molecular weight is 312 g/mol. The molecule has 0 saturated heterocycles. The van der Waals surface area contributed by atoms with Crippen molar-refractivity contribution in [1.29, 1.82) is 0 Å². The number of Topliss-reactive ketones (excluding diaryl/α,β-unsaturated/α-hetero) is 1. The SMILES string of the molecule is Cc1ccc(C(=O)Cn2nc(-c3ccc(F)cc3)oc2=O)cc1. The smallest absolute Gasteiger partial charge is 0.388 e. The molecule has 0 spiro atoms. The van der Waals surface area contributed by atoms with E-state index in [2.05, 4.69) is 5.10 Å². The van der Waals surface area contributed by atoms with E-state index in [1.165, 1.54) is 24.3 Å². The molecule has 116 valence electrons. The fraction of sp³-hybridized carbons (Fsp3) is 0.118. The molecule has 0 saturated carbocycles. The van der Waals surface area contributed by atoms with Crippen molar-refractivity contribution in [3.8, 4) is 11.5 Å². The summed E-state index contributed by atoms with van der Waals surface area (Å²) >= 11 is 0. The zero-order chi connectivity index (χ0) is 16.4. The maximum absolute atomic E-state index is 12.9. The summed E-state index contributed by atoms with van der Waals surface area (Å²) in [6.07, 6.45) is 0. The van der Waals surface area contributed by atoms with E-state index in [9.17, 15) is 14.0 Å². The zero-order valence-electron chi connectivity index (χ0n) is 12.3. The highest BCUT2D eigenvalue weighted by atomic mass is 19.1. The van der Waals surface area contributed by atoms with Crippen molar-refractivity contribution < 1.29 is 13.6 Å². The Labute approximate surface area is 131 Å². The van der Waals surface area contributed by atoms with Crippen LogP contribution in [0.25, 0.3) is 11.5 Å². The quantitative estimate of drug-likeness (QED) is 0.695. The van der Waals surface area contributed by atoms with Gasteiger partial charge in [0.2, 0.25) is 5.89 Å². The molecule has 3 aromatic rings. The molecule has 2 aromatic carbocycles. The van der Waals surface area contributed by atoms with Crippen molar-refractivity contribution in [3.63, 3.8) is 0 Å². The van der Waals surface area contributed by atoms with Gasteiger partial charge in [0.15, 0.2) is 5.78 Å². The normalized spacial score (nSPS) is 10.7. The molecule has 3 rings (SSSR count). The van der Waals surface area contributed by atoms with Crippen LogP contribution in [0, 0.1) is 12.7 Å². The van der Waals surface area contributed by atoms with Gasteiger partial charge in [0.05, 0.1) is 0 Å². The third kappa shape index (κ3) is 3.26. The minimum atomic E-state index is -0.732. The number of halogens is 1. The predicted molar refractivity (Wildman–Crippen MR) is 81.7 cm³/mol. The number of carbonyl (C=O) groups excluding carboxylic acids is 1. The van der Waals surface area contributed by atoms with Gasteiger partial charge in [0, 0.05) is 11.1 Å². The van der Waals surface area contributed by atoms with E-state index in [0.29, 0.717) is 11.1 Å². The van der Waals surface area contributed by atoms with Crippen LogP contribution in [-0.4, -0.2) is 15.6 Å². The first-order chi connectivity index (χ1) is 11.0. The lowest BCUT2D eigenvalue weighted by Crippen LogP contribution is -2.21. The van der Waals surface area contributed by atoms with E-state index in [-0.39, 0.29) is 18.2 Å². The van der Waals surface area contributed by atoms with Gasteiger partial charge >= 0.3 is 5.76 Å². The Hall–Kier alpha value is -3.02. The summed E-state index contributed by atoms with van der Waals surface area (Å²) in [5, 5.41) is 3.99. The number of aryl methyl sites for hydroxylation is 1. The Balaban J connectivity index is 1.84. The molecule has 0 aliphatic carbocycles. The Bertz CT molecular complexity index is 893. The molecule has 6 heteroatoms. The summed E-state index contributed by atoms with van der Waals surface area (Å²) < 4.78 is 18.9. The van der Waals surface area contributed by atoms with E-state index >= 15 is 0 Å².